The number of nitrogens with zero attached hydrogens (tertiary/aromatic N) is 4. The second-order valence-corrected chi connectivity index (χ2v) is 6.15. The fourth-order valence-electron chi connectivity index (χ4n) is 3.09. The van der Waals surface area contributed by atoms with Crippen molar-refractivity contribution in [1.82, 2.24) is 14.8 Å². The van der Waals surface area contributed by atoms with Crippen LogP contribution in [0.25, 0.3) is 5.69 Å². The molecule has 0 saturated heterocycles. The summed E-state index contributed by atoms with van der Waals surface area (Å²) in [5.74, 6) is 1.21. The standard InChI is InChI=1S/C18H15ClN4O2/c1-25-11-17-21-20-16-10-22(24)18(12-5-3-2-4-6-12)14-9-13(19)7-8-15(14)23(16)17/h2-9H,10-11H2,1H3. The van der Waals surface area contributed by atoms with E-state index < -0.39 is 0 Å². The molecule has 25 heavy (non-hydrogen) atoms. The first kappa shape index (κ1) is 15.8. The molecular weight excluding hydrogens is 340 g/mol. The van der Waals surface area contributed by atoms with E-state index in [1.165, 1.54) is 0 Å². The molecule has 0 aliphatic carbocycles. The lowest BCUT2D eigenvalue weighted by Gasteiger charge is -2.12. The molecule has 0 N–H and O–H groups in total. The third kappa shape index (κ3) is 2.69. The molecule has 2 aromatic carbocycles. The summed E-state index contributed by atoms with van der Waals surface area (Å²) in [5.41, 5.74) is 2.94. The molecule has 0 bridgehead atoms. The van der Waals surface area contributed by atoms with Crippen LogP contribution in [0, 0.1) is 5.21 Å². The molecule has 7 heteroatoms. The number of ether oxygens (including phenoxy) is 1. The summed E-state index contributed by atoms with van der Waals surface area (Å²) in [6.45, 7) is 0.391. The van der Waals surface area contributed by atoms with E-state index in [-0.39, 0.29) is 6.54 Å². The maximum absolute atomic E-state index is 12.9. The molecule has 126 valence electrons. The van der Waals surface area contributed by atoms with Crippen LogP contribution >= 0.6 is 11.6 Å². The van der Waals surface area contributed by atoms with Crippen LogP contribution in [0.4, 0.5) is 0 Å². The van der Waals surface area contributed by atoms with Crippen molar-refractivity contribution in [2.45, 2.75) is 13.2 Å². The SMILES string of the molecule is COCc1nnc2n1-c1ccc(Cl)cc1C(c1ccccc1)=[N+]([O-])C2. The van der Waals surface area contributed by atoms with E-state index in [9.17, 15) is 5.21 Å². The minimum absolute atomic E-state index is 0.0905. The zero-order chi connectivity index (χ0) is 17.4. The van der Waals surface area contributed by atoms with Crippen LogP contribution in [0.1, 0.15) is 22.8 Å². The Morgan fingerprint density at radius 3 is 2.76 bits per heavy atom. The Bertz CT molecular complexity index is 966. The Balaban J connectivity index is 2.02. The van der Waals surface area contributed by atoms with E-state index in [0.717, 1.165) is 21.6 Å². The number of hydrogen-bond donors (Lipinski definition) is 0. The number of aromatic nitrogens is 3. The van der Waals surface area contributed by atoms with Gasteiger partial charge in [0.2, 0.25) is 18.1 Å². The van der Waals surface area contributed by atoms with Crippen molar-refractivity contribution in [1.29, 1.82) is 0 Å². The zero-order valence-electron chi connectivity index (χ0n) is 13.5. The zero-order valence-corrected chi connectivity index (χ0v) is 14.3. The minimum Gasteiger partial charge on any atom is -0.623 e. The van der Waals surface area contributed by atoms with Gasteiger partial charge in [0, 0.05) is 17.7 Å². The summed E-state index contributed by atoms with van der Waals surface area (Å²) in [6.07, 6.45) is 0. The van der Waals surface area contributed by atoms with Crippen LogP contribution in [0.3, 0.4) is 0 Å². The normalized spacial score (nSPS) is 13.4. The highest BCUT2D eigenvalue weighted by Crippen LogP contribution is 2.28. The number of hydroxylamine groups is 1. The maximum Gasteiger partial charge on any atom is 0.228 e. The molecule has 6 nitrogen and oxygen atoms in total. The average Bonchev–Trinajstić information content (AvgIpc) is 2.94. The van der Waals surface area contributed by atoms with Gasteiger partial charge < -0.3 is 9.94 Å². The number of benzene rings is 2. The quantitative estimate of drug-likeness (QED) is 0.536. The van der Waals surface area contributed by atoms with Crippen molar-refractivity contribution in [2.75, 3.05) is 7.11 Å². The van der Waals surface area contributed by atoms with Crippen LogP contribution in [-0.4, -0.2) is 32.3 Å². The fraction of sp³-hybridized carbons (Fsp3) is 0.167. The molecule has 0 radical (unpaired) electrons. The van der Waals surface area contributed by atoms with Gasteiger partial charge >= 0.3 is 0 Å². The van der Waals surface area contributed by atoms with Gasteiger partial charge in [0.25, 0.3) is 0 Å². The van der Waals surface area contributed by atoms with Crippen molar-refractivity contribution < 1.29 is 9.48 Å². The summed E-state index contributed by atoms with van der Waals surface area (Å²) < 4.78 is 8.03. The van der Waals surface area contributed by atoms with E-state index in [0.29, 0.717) is 29.0 Å². The molecule has 1 aliphatic rings. The first-order valence-corrected chi connectivity index (χ1v) is 8.16. The first-order chi connectivity index (χ1) is 12.2. The summed E-state index contributed by atoms with van der Waals surface area (Å²) in [6, 6.07) is 15.0. The van der Waals surface area contributed by atoms with Gasteiger partial charge in [-0.15, -0.1) is 10.2 Å². The largest absolute Gasteiger partial charge is 0.623 e. The molecule has 0 amide bonds. The lowest BCUT2D eigenvalue weighted by molar-refractivity contribution is -0.475. The molecule has 1 aromatic heterocycles. The van der Waals surface area contributed by atoms with Gasteiger partial charge in [-0.05, 0) is 30.3 Å². The van der Waals surface area contributed by atoms with Crippen molar-refractivity contribution in [3.05, 3.63) is 81.5 Å². The van der Waals surface area contributed by atoms with Gasteiger partial charge in [-0.3, -0.25) is 4.57 Å². The average molecular weight is 355 g/mol. The molecule has 0 spiro atoms. The Hall–Kier alpha value is -2.70. The van der Waals surface area contributed by atoms with E-state index >= 15 is 0 Å². The van der Waals surface area contributed by atoms with Gasteiger partial charge in [0.05, 0.1) is 11.3 Å². The molecule has 0 fully saturated rings. The van der Waals surface area contributed by atoms with Crippen molar-refractivity contribution >= 4 is 17.3 Å². The van der Waals surface area contributed by atoms with Crippen LogP contribution < -0.4 is 0 Å². The van der Waals surface area contributed by atoms with E-state index in [1.54, 1.807) is 19.2 Å². The van der Waals surface area contributed by atoms with Crippen molar-refractivity contribution in [3.8, 4) is 5.69 Å². The Kier molecular flexibility index (Phi) is 3.99. The molecule has 3 aromatic rings. The summed E-state index contributed by atoms with van der Waals surface area (Å²) in [7, 11) is 1.60. The molecule has 2 heterocycles. The molecular formula is C18H15ClN4O2. The lowest BCUT2D eigenvalue weighted by atomic mass is 10.0. The molecule has 0 unspecified atom stereocenters. The van der Waals surface area contributed by atoms with Crippen LogP contribution in [0.2, 0.25) is 5.02 Å². The summed E-state index contributed by atoms with van der Waals surface area (Å²) >= 11 is 6.23. The third-order valence-electron chi connectivity index (χ3n) is 4.11. The van der Waals surface area contributed by atoms with Gasteiger partial charge in [-0.2, -0.15) is 4.74 Å². The fourth-order valence-corrected chi connectivity index (χ4v) is 3.26. The first-order valence-electron chi connectivity index (χ1n) is 7.78. The van der Waals surface area contributed by atoms with Gasteiger partial charge in [-0.1, -0.05) is 29.8 Å². The maximum atomic E-state index is 12.9. The van der Waals surface area contributed by atoms with Gasteiger partial charge in [0.15, 0.2) is 5.82 Å². The molecule has 0 atom stereocenters. The van der Waals surface area contributed by atoms with E-state index in [4.69, 9.17) is 16.3 Å². The number of fused-ring (bicyclic) bond motifs is 3. The van der Waals surface area contributed by atoms with Gasteiger partial charge in [-0.25, -0.2) is 0 Å². The van der Waals surface area contributed by atoms with Crippen LogP contribution in [-0.2, 0) is 17.9 Å². The van der Waals surface area contributed by atoms with Crippen LogP contribution in [0.15, 0.2) is 48.5 Å². The lowest BCUT2D eigenvalue weighted by Crippen LogP contribution is -2.17. The number of methoxy groups -OCH3 is 1. The monoisotopic (exact) mass is 354 g/mol. The van der Waals surface area contributed by atoms with Crippen LogP contribution in [0.5, 0.6) is 0 Å². The summed E-state index contributed by atoms with van der Waals surface area (Å²) in [5, 5.41) is 21.8. The van der Waals surface area contributed by atoms with Crippen molar-refractivity contribution in [2.24, 2.45) is 0 Å². The second kappa shape index (κ2) is 6.31. The predicted molar refractivity (Wildman–Crippen MR) is 94.1 cm³/mol. The molecule has 0 saturated carbocycles. The molecule has 4 rings (SSSR count). The third-order valence-corrected chi connectivity index (χ3v) is 4.34. The highest BCUT2D eigenvalue weighted by molar-refractivity contribution is 6.31. The van der Waals surface area contributed by atoms with E-state index in [2.05, 4.69) is 10.2 Å². The second-order valence-electron chi connectivity index (χ2n) is 5.71. The van der Waals surface area contributed by atoms with E-state index in [1.807, 2.05) is 41.0 Å². The topological polar surface area (TPSA) is 66.0 Å². The highest BCUT2D eigenvalue weighted by Gasteiger charge is 2.29. The summed E-state index contributed by atoms with van der Waals surface area (Å²) in [4.78, 5) is 0. The van der Waals surface area contributed by atoms with Gasteiger partial charge in [0.1, 0.15) is 6.61 Å². The smallest absolute Gasteiger partial charge is 0.228 e. The Labute approximate surface area is 149 Å². The number of rotatable bonds is 3. The number of hydrogen-bond acceptors (Lipinski definition) is 4. The number of halogens is 1. The minimum atomic E-state index is 0.0905. The Morgan fingerprint density at radius 2 is 2.00 bits per heavy atom. The highest BCUT2D eigenvalue weighted by atomic mass is 35.5. The van der Waals surface area contributed by atoms with Crippen molar-refractivity contribution in [3.63, 3.8) is 0 Å². The molecule has 1 aliphatic heterocycles. The Morgan fingerprint density at radius 1 is 1.20 bits per heavy atom. The predicted octanol–water partition coefficient (Wildman–Crippen LogP) is 2.93.